The molecule has 2 heterocycles. The Morgan fingerprint density at radius 2 is 1.78 bits per heavy atom. The molecule has 5 rings (SSSR count). The smallest absolute Gasteiger partial charge is 0.303 e. The van der Waals surface area contributed by atoms with Crippen molar-refractivity contribution in [3.8, 4) is 0 Å². The Hall–Kier alpha value is -5.22. The van der Waals surface area contributed by atoms with Crippen molar-refractivity contribution >= 4 is 57.8 Å². The molecule has 4 aromatic rings. The number of aliphatic carboxylic acids is 1. The zero-order valence-corrected chi connectivity index (χ0v) is 22.5. The second kappa shape index (κ2) is 11.5. The van der Waals surface area contributed by atoms with E-state index in [-0.39, 0.29) is 28.8 Å². The summed E-state index contributed by atoms with van der Waals surface area (Å²) in [4.78, 5) is 49.3. The predicted octanol–water partition coefficient (Wildman–Crippen LogP) is 4.98. The van der Waals surface area contributed by atoms with Crippen LogP contribution in [-0.4, -0.2) is 38.5 Å². The third-order valence-corrected chi connectivity index (χ3v) is 6.97. The first-order chi connectivity index (χ1) is 19.7. The SMILES string of the molecule is Cn1ncc(C(=O)Nc2cccc(C(=O)c3ccc4c(c3)NC(=O)C4=CNc3ccc(CCC(=O)O)cc3)c2)c1Cl. The maximum atomic E-state index is 13.3. The molecule has 11 heteroatoms. The summed E-state index contributed by atoms with van der Waals surface area (Å²) in [6, 6.07) is 18.8. The number of amides is 2. The third-order valence-electron chi connectivity index (χ3n) is 6.52. The van der Waals surface area contributed by atoms with Crippen LogP contribution < -0.4 is 16.0 Å². The van der Waals surface area contributed by atoms with Gasteiger partial charge in [-0.1, -0.05) is 48.0 Å². The van der Waals surface area contributed by atoms with E-state index in [1.165, 1.54) is 10.9 Å². The van der Waals surface area contributed by atoms with Gasteiger partial charge in [-0.25, -0.2) is 0 Å². The van der Waals surface area contributed by atoms with E-state index in [9.17, 15) is 19.2 Å². The molecule has 1 aliphatic heterocycles. The first-order valence-corrected chi connectivity index (χ1v) is 12.9. The Labute approximate surface area is 239 Å². The number of hydrogen-bond donors (Lipinski definition) is 4. The summed E-state index contributed by atoms with van der Waals surface area (Å²) in [5.41, 5.74) is 4.56. The molecular weight excluding hydrogens is 546 g/mol. The lowest BCUT2D eigenvalue weighted by atomic mass is 9.99. The first-order valence-electron chi connectivity index (χ1n) is 12.6. The number of carbonyl (C=O) groups excluding carboxylic acids is 3. The lowest BCUT2D eigenvalue weighted by Crippen LogP contribution is -2.12. The number of nitrogens with zero attached hydrogens (tertiary/aromatic N) is 2. The molecule has 10 nitrogen and oxygen atoms in total. The molecule has 0 atom stereocenters. The number of ketones is 1. The summed E-state index contributed by atoms with van der Waals surface area (Å²) in [5.74, 6) is -1.89. The fourth-order valence-corrected chi connectivity index (χ4v) is 4.51. The Balaban J connectivity index is 1.29. The van der Waals surface area contributed by atoms with E-state index >= 15 is 0 Å². The number of carboxylic acid groups (broad SMARTS) is 1. The van der Waals surface area contributed by atoms with Crippen molar-refractivity contribution in [1.29, 1.82) is 0 Å². The van der Waals surface area contributed by atoms with Gasteiger partial charge in [-0.05, 0) is 42.3 Å². The fourth-order valence-electron chi connectivity index (χ4n) is 4.33. The highest BCUT2D eigenvalue weighted by Gasteiger charge is 2.25. The molecule has 206 valence electrons. The van der Waals surface area contributed by atoms with Gasteiger partial charge in [-0.3, -0.25) is 23.9 Å². The molecule has 41 heavy (non-hydrogen) atoms. The van der Waals surface area contributed by atoms with Gasteiger partial charge in [0.05, 0.1) is 17.3 Å². The molecule has 0 aliphatic carbocycles. The van der Waals surface area contributed by atoms with Gasteiger partial charge in [0.2, 0.25) is 0 Å². The molecule has 0 radical (unpaired) electrons. The molecule has 3 aromatic carbocycles. The summed E-state index contributed by atoms with van der Waals surface area (Å²) < 4.78 is 1.38. The van der Waals surface area contributed by atoms with Gasteiger partial charge >= 0.3 is 5.97 Å². The van der Waals surface area contributed by atoms with E-state index < -0.39 is 11.9 Å². The van der Waals surface area contributed by atoms with Crippen LogP contribution in [-0.2, 0) is 23.1 Å². The number of carbonyl (C=O) groups is 4. The van der Waals surface area contributed by atoms with Crippen molar-refractivity contribution in [3.63, 3.8) is 0 Å². The standard InChI is InChI=1S/C30H24ClN5O5/c1-36-28(31)24(16-33-36)30(41)34-21-4-2-3-18(13-21)27(39)19-8-11-22-23(29(40)35-25(22)14-19)15-32-20-9-5-17(6-10-20)7-12-26(37)38/h2-6,8-11,13-16,32H,7,12H2,1H3,(H,34,41)(H,35,40)(H,37,38). The molecule has 0 spiro atoms. The largest absolute Gasteiger partial charge is 0.481 e. The van der Waals surface area contributed by atoms with Crippen molar-refractivity contribution in [1.82, 2.24) is 9.78 Å². The number of hydrogen-bond acceptors (Lipinski definition) is 6. The molecular formula is C30H24ClN5O5. The number of nitrogens with one attached hydrogen (secondary N) is 3. The molecule has 1 aromatic heterocycles. The number of benzene rings is 3. The summed E-state index contributed by atoms with van der Waals surface area (Å²) >= 11 is 6.11. The fraction of sp³-hybridized carbons (Fsp3) is 0.100. The predicted molar refractivity (Wildman–Crippen MR) is 155 cm³/mol. The van der Waals surface area contributed by atoms with Gasteiger partial charge in [0, 0.05) is 53.4 Å². The van der Waals surface area contributed by atoms with E-state index in [1.54, 1.807) is 55.7 Å². The van der Waals surface area contributed by atoms with Crippen molar-refractivity contribution < 1.29 is 24.3 Å². The second-order valence-corrected chi connectivity index (χ2v) is 9.70. The highest BCUT2D eigenvalue weighted by Crippen LogP contribution is 2.33. The van der Waals surface area contributed by atoms with E-state index in [0.29, 0.717) is 40.1 Å². The van der Waals surface area contributed by atoms with Crippen LogP contribution in [0.1, 0.15) is 43.8 Å². The Kier molecular flexibility index (Phi) is 7.66. The van der Waals surface area contributed by atoms with Gasteiger partial charge in [0.1, 0.15) is 5.15 Å². The van der Waals surface area contributed by atoms with Crippen LogP contribution >= 0.6 is 11.6 Å². The summed E-state index contributed by atoms with van der Waals surface area (Å²) in [6.45, 7) is 0. The molecule has 0 saturated carbocycles. The number of rotatable bonds is 9. The van der Waals surface area contributed by atoms with Crippen molar-refractivity contribution in [2.45, 2.75) is 12.8 Å². The van der Waals surface area contributed by atoms with E-state index in [0.717, 1.165) is 11.3 Å². The molecule has 2 amide bonds. The zero-order chi connectivity index (χ0) is 29.1. The topological polar surface area (TPSA) is 142 Å². The molecule has 0 saturated heterocycles. The van der Waals surface area contributed by atoms with Gasteiger partial charge in [0.15, 0.2) is 5.78 Å². The maximum Gasteiger partial charge on any atom is 0.303 e. The van der Waals surface area contributed by atoms with Gasteiger partial charge in [-0.2, -0.15) is 5.10 Å². The quantitative estimate of drug-likeness (QED) is 0.164. The van der Waals surface area contributed by atoms with E-state index in [2.05, 4.69) is 21.0 Å². The second-order valence-electron chi connectivity index (χ2n) is 9.34. The zero-order valence-electron chi connectivity index (χ0n) is 21.8. The van der Waals surface area contributed by atoms with Crippen LogP contribution in [0, 0.1) is 0 Å². The van der Waals surface area contributed by atoms with Crippen LogP contribution in [0.3, 0.4) is 0 Å². The van der Waals surface area contributed by atoms with Gasteiger partial charge < -0.3 is 21.1 Å². The van der Waals surface area contributed by atoms with Gasteiger partial charge in [-0.15, -0.1) is 0 Å². The highest BCUT2D eigenvalue weighted by molar-refractivity contribution is 6.33. The number of aryl methyl sites for hydroxylation is 2. The van der Waals surface area contributed by atoms with Crippen LogP contribution in [0.4, 0.5) is 17.1 Å². The Morgan fingerprint density at radius 3 is 2.49 bits per heavy atom. The lowest BCUT2D eigenvalue weighted by molar-refractivity contribution is -0.137. The number of carboxylic acids is 1. The molecule has 0 bridgehead atoms. The van der Waals surface area contributed by atoms with Crippen molar-refractivity contribution in [2.24, 2.45) is 7.05 Å². The third kappa shape index (κ3) is 6.02. The lowest BCUT2D eigenvalue weighted by Gasteiger charge is -2.08. The first kappa shape index (κ1) is 27.4. The Morgan fingerprint density at radius 1 is 1.02 bits per heavy atom. The maximum absolute atomic E-state index is 13.3. The van der Waals surface area contributed by atoms with Gasteiger partial charge in [0.25, 0.3) is 11.8 Å². The summed E-state index contributed by atoms with van der Waals surface area (Å²) in [5, 5.41) is 21.6. The van der Waals surface area contributed by atoms with Crippen LogP contribution in [0.5, 0.6) is 0 Å². The minimum atomic E-state index is -0.850. The molecule has 4 N–H and O–H groups in total. The van der Waals surface area contributed by atoms with Crippen LogP contribution in [0.15, 0.2) is 79.1 Å². The number of halogens is 1. The number of aromatic nitrogens is 2. The average Bonchev–Trinajstić information content (AvgIpc) is 3.47. The summed E-state index contributed by atoms with van der Waals surface area (Å²) in [7, 11) is 1.62. The van der Waals surface area contributed by atoms with Crippen molar-refractivity contribution in [2.75, 3.05) is 16.0 Å². The monoisotopic (exact) mass is 569 g/mol. The Bertz CT molecular complexity index is 1730. The molecule has 0 unspecified atom stereocenters. The van der Waals surface area contributed by atoms with E-state index in [4.69, 9.17) is 16.7 Å². The summed E-state index contributed by atoms with van der Waals surface area (Å²) in [6.07, 6.45) is 3.45. The normalized spacial score (nSPS) is 13.0. The number of fused-ring (bicyclic) bond motifs is 1. The highest BCUT2D eigenvalue weighted by atomic mass is 35.5. The minimum Gasteiger partial charge on any atom is -0.481 e. The van der Waals surface area contributed by atoms with Crippen LogP contribution in [0.25, 0.3) is 5.57 Å². The average molecular weight is 570 g/mol. The molecule has 0 fully saturated rings. The minimum absolute atomic E-state index is 0.0573. The number of anilines is 3. The van der Waals surface area contributed by atoms with E-state index in [1.807, 2.05) is 24.3 Å². The van der Waals surface area contributed by atoms with Crippen LogP contribution in [0.2, 0.25) is 5.15 Å². The van der Waals surface area contributed by atoms with Crippen molar-refractivity contribution in [3.05, 3.63) is 112 Å². The molecule has 1 aliphatic rings.